The van der Waals surface area contributed by atoms with Gasteiger partial charge in [-0.15, -0.1) is 11.3 Å². The Morgan fingerprint density at radius 2 is 2.12 bits per heavy atom. The molecular weight excluding hydrogens is 240 g/mol. The fraction of sp³-hybridized carbons (Fsp3) is 0.0909. The Labute approximate surface area is 101 Å². The molecule has 2 N–H and O–H groups in total. The van der Waals surface area contributed by atoms with Crippen molar-refractivity contribution in [1.82, 2.24) is 5.32 Å². The van der Waals surface area contributed by atoms with Crippen LogP contribution in [0.3, 0.4) is 0 Å². The number of hydrogen-bond acceptors (Lipinski definition) is 4. The number of furan rings is 1. The Kier molecular flexibility index (Phi) is 3.24. The van der Waals surface area contributed by atoms with Crippen LogP contribution in [0.25, 0.3) is 0 Å². The standard InChI is InChI=1S/C11H10N2O3S/c1-12-9(14)7-4-6-17-11(7)13-10(15)8-3-2-5-16-8/h2-6H,1H3,(H,12,14)(H,13,15). The van der Waals surface area contributed by atoms with E-state index >= 15 is 0 Å². The molecule has 17 heavy (non-hydrogen) atoms. The van der Waals surface area contributed by atoms with Crippen LogP contribution >= 0.6 is 11.3 Å². The van der Waals surface area contributed by atoms with Crippen molar-refractivity contribution in [2.45, 2.75) is 0 Å². The Hall–Kier alpha value is -2.08. The molecule has 2 aromatic rings. The van der Waals surface area contributed by atoms with Crippen LogP contribution in [0.2, 0.25) is 0 Å². The van der Waals surface area contributed by atoms with Crippen LogP contribution in [0.1, 0.15) is 20.9 Å². The molecular formula is C11H10N2O3S. The van der Waals surface area contributed by atoms with Gasteiger partial charge in [0, 0.05) is 7.05 Å². The van der Waals surface area contributed by atoms with E-state index < -0.39 is 0 Å². The largest absolute Gasteiger partial charge is 0.459 e. The maximum atomic E-state index is 11.7. The summed E-state index contributed by atoms with van der Waals surface area (Å²) in [5.41, 5.74) is 0.442. The summed E-state index contributed by atoms with van der Waals surface area (Å²) >= 11 is 1.28. The van der Waals surface area contributed by atoms with Gasteiger partial charge in [-0.3, -0.25) is 9.59 Å². The zero-order valence-electron chi connectivity index (χ0n) is 9.02. The Bertz CT molecular complexity index is 531. The Balaban J connectivity index is 2.17. The number of nitrogens with one attached hydrogen (secondary N) is 2. The lowest BCUT2D eigenvalue weighted by Crippen LogP contribution is -2.20. The molecule has 6 heteroatoms. The zero-order valence-corrected chi connectivity index (χ0v) is 9.84. The molecule has 0 atom stereocenters. The minimum Gasteiger partial charge on any atom is -0.459 e. The van der Waals surface area contributed by atoms with Gasteiger partial charge >= 0.3 is 0 Å². The molecule has 2 rings (SSSR count). The van der Waals surface area contributed by atoms with Crippen molar-refractivity contribution >= 4 is 28.2 Å². The summed E-state index contributed by atoms with van der Waals surface area (Å²) in [5.74, 6) is -0.398. The highest BCUT2D eigenvalue weighted by Gasteiger charge is 2.15. The topological polar surface area (TPSA) is 71.3 Å². The van der Waals surface area contributed by atoms with Crippen LogP contribution in [0.4, 0.5) is 5.00 Å². The molecule has 0 fully saturated rings. The average Bonchev–Trinajstić information content (AvgIpc) is 2.98. The molecule has 0 saturated heterocycles. The molecule has 0 aliphatic carbocycles. The number of anilines is 1. The van der Waals surface area contributed by atoms with Gasteiger partial charge in [-0.1, -0.05) is 0 Å². The lowest BCUT2D eigenvalue weighted by atomic mass is 10.3. The molecule has 0 saturated carbocycles. The van der Waals surface area contributed by atoms with Crippen LogP contribution < -0.4 is 10.6 Å². The van der Waals surface area contributed by atoms with Crippen molar-refractivity contribution < 1.29 is 14.0 Å². The first-order chi connectivity index (χ1) is 8.22. The molecule has 2 aromatic heterocycles. The van der Waals surface area contributed by atoms with E-state index in [1.807, 2.05) is 0 Å². The van der Waals surface area contributed by atoms with E-state index in [0.29, 0.717) is 10.6 Å². The maximum absolute atomic E-state index is 11.7. The third-order valence-corrected chi connectivity index (χ3v) is 2.94. The number of carbonyl (C=O) groups excluding carboxylic acids is 2. The fourth-order valence-corrected chi connectivity index (χ4v) is 2.07. The summed E-state index contributed by atoms with van der Waals surface area (Å²) in [6.45, 7) is 0. The van der Waals surface area contributed by atoms with E-state index in [4.69, 9.17) is 4.42 Å². The third-order valence-electron chi connectivity index (χ3n) is 2.11. The molecule has 0 unspecified atom stereocenters. The molecule has 0 aromatic carbocycles. The smallest absolute Gasteiger partial charge is 0.291 e. The predicted molar refractivity (Wildman–Crippen MR) is 64.4 cm³/mol. The van der Waals surface area contributed by atoms with Gasteiger partial charge < -0.3 is 15.1 Å². The molecule has 5 nitrogen and oxygen atoms in total. The van der Waals surface area contributed by atoms with Crippen LogP contribution in [-0.2, 0) is 0 Å². The van der Waals surface area contributed by atoms with Crippen molar-refractivity contribution in [2.24, 2.45) is 0 Å². The zero-order chi connectivity index (χ0) is 12.3. The summed E-state index contributed by atoms with van der Waals surface area (Å²) < 4.78 is 4.96. The van der Waals surface area contributed by atoms with E-state index in [1.54, 1.807) is 23.6 Å². The van der Waals surface area contributed by atoms with Crippen LogP contribution in [0.5, 0.6) is 0 Å². The van der Waals surface area contributed by atoms with Crippen LogP contribution in [0, 0.1) is 0 Å². The van der Waals surface area contributed by atoms with Crippen molar-refractivity contribution in [2.75, 3.05) is 12.4 Å². The van der Waals surface area contributed by atoms with Crippen molar-refractivity contribution in [3.05, 3.63) is 41.2 Å². The quantitative estimate of drug-likeness (QED) is 0.874. The van der Waals surface area contributed by atoms with Gasteiger partial charge in [0.25, 0.3) is 11.8 Å². The molecule has 0 radical (unpaired) electrons. The fourth-order valence-electron chi connectivity index (χ4n) is 1.29. The monoisotopic (exact) mass is 250 g/mol. The Morgan fingerprint density at radius 1 is 1.29 bits per heavy atom. The van der Waals surface area contributed by atoms with Gasteiger partial charge in [0.15, 0.2) is 5.76 Å². The summed E-state index contributed by atoms with van der Waals surface area (Å²) in [6.07, 6.45) is 1.42. The van der Waals surface area contributed by atoms with Crippen LogP contribution in [0.15, 0.2) is 34.3 Å². The van der Waals surface area contributed by atoms with Gasteiger partial charge in [0.2, 0.25) is 0 Å². The summed E-state index contributed by atoms with van der Waals surface area (Å²) in [7, 11) is 1.54. The van der Waals surface area contributed by atoms with Gasteiger partial charge in [-0.05, 0) is 23.6 Å². The first-order valence-electron chi connectivity index (χ1n) is 4.87. The maximum Gasteiger partial charge on any atom is 0.291 e. The number of rotatable bonds is 3. The second kappa shape index (κ2) is 4.84. The molecule has 0 aliphatic heterocycles. The number of amides is 2. The number of thiophene rings is 1. The summed E-state index contributed by atoms with van der Waals surface area (Å²) in [6, 6.07) is 4.84. The molecule has 0 aliphatic rings. The van der Waals surface area contributed by atoms with Crippen molar-refractivity contribution in [3.63, 3.8) is 0 Å². The van der Waals surface area contributed by atoms with Gasteiger partial charge in [0.1, 0.15) is 5.00 Å². The second-order valence-corrected chi connectivity index (χ2v) is 4.09. The lowest BCUT2D eigenvalue weighted by molar-refractivity contribution is 0.0964. The highest BCUT2D eigenvalue weighted by Crippen LogP contribution is 2.23. The van der Waals surface area contributed by atoms with E-state index in [9.17, 15) is 9.59 Å². The van der Waals surface area contributed by atoms with Gasteiger partial charge in [-0.2, -0.15) is 0 Å². The third kappa shape index (κ3) is 2.36. The Morgan fingerprint density at radius 3 is 2.76 bits per heavy atom. The van der Waals surface area contributed by atoms with E-state index in [2.05, 4.69) is 10.6 Å². The molecule has 88 valence electrons. The normalized spacial score (nSPS) is 9.94. The van der Waals surface area contributed by atoms with Crippen molar-refractivity contribution in [3.8, 4) is 0 Å². The molecule has 0 spiro atoms. The minimum atomic E-state index is -0.373. The SMILES string of the molecule is CNC(=O)c1ccsc1NC(=O)c1ccco1. The minimum absolute atomic E-state index is 0.209. The van der Waals surface area contributed by atoms with Crippen molar-refractivity contribution in [1.29, 1.82) is 0 Å². The predicted octanol–water partition coefficient (Wildman–Crippen LogP) is 1.95. The number of carbonyl (C=O) groups is 2. The first-order valence-corrected chi connectivity index (χ1v) is 5.74. The number of hydrogen-bond donors (Lipinski definition) is 2. The highest BCUT2D eigenvalue weighted by molar-refractivity contribution is 7.14. The lowest BCUT2D eigenvalue weighted by Gasteiger charge is -2.03. The molecule has 2 amide bonds. The van der Waals surface area contributed by atoms with Crippen LogP contribution in [-0.4, -0.2) is 18.9 Å². The van der Waals surface area contributed by atoms with E-state index in [1.165, 1.54) is 24.6 Å². The van der Waals surface area contributed by atoms with E-state index in [-0.39, 0.29) is 17.6 Å². The molecule has 0 bridgehead atoms. The summed E-state index contributed by atoms with van der Waals surface area (Å²) in [4.78, 5) is 23.2. The first kappa shape index (κ1) is 11.4. The van der Waals surface area contributed by atoms with Gasteiger partial charge in [0.05, 0.1) is 11.8 Å². The van der Waals surface area contributed by atoms with Gasteiger partial charge in [-0.25, -0.2) is 0 Å². The molecule has 2 heterocycles. The van der Waals surface area contributed by atoms with E-state index in [0.717, 1.165) is 0 Å². The second-order valence-electron chi connectivity index (χ2n) is 3.17. The summed E-state index contributed by atoms with van der Waals surface area (Å²) in [5, 5.41) is 7.39. The average molecular weight is 250 g/mol. The highest BCUT2D eigenvalue weighted by atomic mass is 32.1.